The number of hydrogen-bond acceptors (Lipinski definition) is 5. The van der Waals surface area contributed by atoms with E-state index in [0.29, 0.717) is 16.8 Å². The number of nitrogens with one attached hydrogen (secondary N) is 1. The number of carbonyl (C=O) groups is 1. The number of halogens is 2. The molecular weight excluding hydrogens is 469 g/mol. The monoisotopic (exact) mass is 485 g/mol. The molecule has 1 atom stereocenters. The molecule has 0 aliphatic carbocycles. The van der Waals surface area contributed by atoms with Gasteiger partial charge in [0.05, 0.1) is 10.9 Å². The van der Waals surface area contributed by atoms with Crippen LogP contribution < -0.4 is 5.32 Å². The number of benzene rings is 2. The van der Waals surface area contributed by atoms with Gasteiger partial charge in [0.2, 0.25) is 10.0 Å². The summed E-state index contributed by atoms with van der Waals surface area (Å²) in [6, 6.07) is 9.48. The fraction of sp³-hybridized carbons (Fsp3) is 0.136. The van der Waals surface area contributed by atoms with E-state index in [1.807, 2.05) is 0 Å². The predicted molar refractivity (Wildman–Crippen MR) is 120 cm³/mol. The van der Waals surface area contributed by atoms with Gasteiger partial charge in [0.1, 0.15) is 12.1 Å². The summed E-state index contributed by atoms with van der Waals surface area (Å²) >= 11 is 6.30. The first-order valence-electron chi connectivity index (χ1n) is 9.83. The number of carbonyl (C=O) groups excluding carboxylic acids is 1. The van der Waals surface area contributed by atoms with Crippen molar-refractivity contribution in [3.8, 4) is 11.1 Å². The zero-order chi connectivity index (χ0) is 23.5. The molecule has 2 aromatic carbocycles. The first kappa shape index (κ1) is 21.5. The van der Waals surface area contributed by atoms with Crippen LogP contribution in [0.2, 0.25) is 5.02 Å². The quantitative estimate of drug-likeness (QED) is 0.478. The van der Waals surface area contributed by atoms with Gasteiger partial charge in [-0.3, -0.25) is 4.79 Å². The maximum atomic E-state index is 14.0. The lowest BCUT2D eigenvalue weighted by atomic mass is 9.95. The molecule has 0 fully saturated rings. The molecule has 0 saturated heterocycles. The fourth-order valence-electron chi connectivity index (χ4n) is 3.93. The number of aromatic nitrogens is 3. The Morgan fingerprint density at radius 2 is 1.91 bits per heavy atom. The van der Waals surface area contributed by atoms with Gasteiger partial charge < -0.3 is 5.32 Å². The molecule has 1 amide bonds. The minimum atomic E-state index is -3.98. The fourth-order valence-corrected chi connectivity index (χ4v) is 5.33. The Hall–Kier alpha value is -3.34. The zero-order valence-corrected chi connectivity index (χ0v) is 19.0. The number of nitrogens with zero attached hydrogens (tertiary/aromatic N) is 4. The number of rotatable bonds is 4. The summed E-state index contributed by atoms with van der Waals surface area (Å²) in [6.07, 6.45) is 3.11. The van der Waals surface area contributed by atoms with Gasteiger partial charge in [-0.1, -0.05) is 11.6 Å². The molecule has 0 saturated carbocycles. The van der Waals surface area contributed by atoms with Crippen molar-refractivity contribution in [3.05, 3.63) is 82.5 Å². The summed E-state index contributed by atoms with van der Waals surface area (Å²) < 4.78 is 43.3. The van der Waals surface area contributed by atoms with E-state index in [4.69, 9.17) is 11.6 Å². The van der Waals surface area contributed by atoms with Crippen LogP contribution in [0.1, 0.15) is 27.5 Å². The molecule has 1 N–H and O–H groups in total. The molecular formula is C22H17ClFN5O3S. The third kappa shape index (κ3) is 3.47. The third-order valence-electron chi connectivity index (χ3n) is 5.59. The van der Waals surface area contributed by atoms with Crippen molar-refractivity contribution in [2.75, 3.05) is 14.1 Å². The normalized spacial score (nSPS) is 15.8. The first-order valence-corrected chi connectivity index (χ1v) is 11.6. The van der Waals surface area contributed by atoms with E-state index in [9.17, 15) is 17.6 Å². The van der Waals surface area contributed by atoms with E-state index in [2.05, 4.69) is 15.4 Å². The summed E-state index contributed by atoms with van der Waals surface area (Å²) in [5, 5.41) is 7.08. The van der Waals surface area contributed by atoms with Crippen molar-refractivity contribution in [2.24, 2.45) is 0 Å². The van der Waals surface area contributed by atoms with Gasteiger partial charge in [-0.05, 0) is 48.0 Å². The highest BCUT2D eigenvalue weighted by atomic mass is 35.5. The highest BCUT2D eigenvalue weighted by molar-refractivity contribution is 7.89. The molecule has 2 aromatic heterocycles. The topological polar surface area (TPSA) is 96.7 Å². The summed E-state index contributed by atoms with van der Waals surface area (Å²) in [4.78, 5) is 17.0. The molecule has 3 heterocycles. The van der Waals surface area contributed by atoms with Crippen LogP contribution in [-0.4, -0.2) is 47.3 Å². The van der Waals surface area contributed by atoms with Crippen LogP contribution >= 0.6 is 11.6 Å². The molecule has 4 aromatic rings. The second-order valence-electron chi connectivity index (χ2n) is 7.78. The Balaban J connectivity index is 1.79. The summed E-state index contributed by atoms with van der Waals surface area (Å²) in [5.74, 6) is -1.03. The second-order valence-corrected chi connectivity index (χ2v) is 10.3. The minimum absolute atomic E-state index is 0.0673. The van der Waals surface area contributed by atoms with Gasteiger partial charge in [0, 0.05) is 47.6 Å². The average Bonchev–Trinajstić information content (AvgIpc) is 3.38. The Morgan fingerprint density at radius 1 is 1.12 bits per heavy atom. The smallest absolute Gasteiger partial charge is 0.252 e. The highest BCUT2D eigenvalue weighted by Crippen LogP contribution is 2.41. The molecule has 1 aliphatic rings. The summed E-state index contributed by atoms with van der Waals surface area (Å²) in [5.41, 5.74) is 2.46. The molecule has 0 spiro atoms. The average molecular weight is 486 g/mol. The Bertz CT molecular complexity index is 1550. The number of pyridine rings is 1. The van der Waals surface area contributed by atoms with Gasteiger partial charge in [0.25, 0.3) is 5.91 Å². The lowest BCUT2D eigenvalue weighted by molar-refractivity contribution is 0.0960. The standard InChI is InChI=1S/C22H17ClFN5O3S/c1-28(2)33(31,32)18-8-13(12-3-6-19-25-11-26-29(19)10-12)7-16-20(18)21(27-22(16)30)15-9-14(24)4-5-17(15)23/h3-11,21H,1-2H3,(H,27,30)/t21-/m0/s1. The predicted octanol–water partition coefficient (Wildman–Crippen LogP) is 3.27. The van der Waals surface area contributed by atoms with Crippen LogP contribution in [0, 0.1) is 5.82 Å². The van der Waals surface area contributed by atoms with Crippen LogP contribution in [0.25, 0.3) is 16.8 Å². The molecule has 33 heavy (non-hydrogen) atoms. The summed E-state index contributed by atoms with van der Waals surface area (Å²) in [7, 11) is -1.17. The molecule has 0 bridgehead atoms. The molecule has 11 heteroatoms. The minimum Gasteiger partial charge on any atom is -0.341 e. The van der Waals surface area contributed by atoms with E-state index in [1.54, 1.807) is 28.9 Å². The van der Waals surface area contributed by atoms with Crippen molar-refractivity contribution in [1.29, 1.82) is 0 Å². The first-order chi connectivity index (χ1) is 15.7. The van der Waals surface area contributed by atoms with E-state index < -0.39 is 27.8 Å². The lowest BCUT2D eigenvalue weighted by Crippen LogP contribution is -2.25. The molecule has 8 nitrogen and oxygen atoms in total. The maximum absolute atomic E-state index is 14.0. The van der Waals surface area contributed by atoms with Crippen molar-refractivity contribution in [1.82, 2.24) is 24.2 Å². The molecule has 0 radical (unpaired) electrons. The lowest BCUT2D eigenvalue weighted by Gasteiger charge is -2.20. The van der Waals surface area contributed by atoms with Crippen molar-refractivity contribution >= 4 is 33.2 Å². The van der Waals surface area contributed by atoms with Crippen LogP contribution in [0.3, 0.4) is 0 Å². The third-order valence-corrected chi connectivity index (χ3v) is 7.79. The van der Waals surface area contributed by atoms with Gasteiger partial charge in [-0.25, -0.2) is 26.6 Å². The second kappa shape index (κ2) is 7.62. The number of amides is 1. The maximum Gasteiger partial charge on any atom is 0.252 e. The van der Waals surface area contributed by atoms with Gasteiger partial charge in [0.15, 0.2) is 5.65 Å². The number of sulfonamides is 1. The number of fused-ring (bicyclic) bond motifs is 2. The molecule has 168 valence electrons. The van der Waals surface area contributed by atoms with Crippen molar-refractivity contribution in [2.45, 2.75) is 10.9 Å². The SMILES string of the molecule is CN(C)S(=O)(=O)c1cc(-c2ccc3ncnn3c2)cc2c1[C@H](c1cc(F)ccc1Cl)NC2=O. The van der Waals surface area contributed by atoms with Gasteiger partial charge in [-0.15, -0.1) is 0 Å². The van der Waals surface area contributed by atoms with Gasteiger partial charge in [-0.2, -0.15) is 5.10 Å². The Morgan fingerprint density at radius 3 is 2.67 bits per heavy atom. The van der Waals surface area contributed by atoms with Gasteiger partial charge >= 0.3 is 0 Å². The highest BCUT2D eigenvalue weighted by Gasteiger charge is 2.38. The van der Waals surface area contributed by atoms with Crippen LogP contribution in [0.5, 0.6) is 0 Å². The zero-order valence-electron chi connectivity index (χ0n) is 17.5. The molecule has 0 unspecified atom stereocenters. The van der Waals surface area contributed by atoms with Crippen LogP contribution in [-0.2, 0) is 10.0 Å². The van der Waals surface area contributed by atoms with E-state index in [1.165, 1.54) is 44.7 Å². The Kier molecular flexibility index (Phi) is 4.96. The van der Waals surface area contributed by atoms with Crippen LogP contribution in [0.4, 0.5) is 4.39 Å². The van der Waals surface area contributed by atoms with Crippen LogP contribution in [0.15, 0.2) is 59.9 Å². The van der Waals surface area contributed by atoms with Crippen molar-refractivity contribution < 1.29 is 17.6 Å². The molecule has 5 rings (SSSR count). The summed E-state index contributed by atoms with van der Waals surface area (Å²) in [6.45, 7) is 0. The van der Waals surface area contributed by atoms with E-state index in [-0.39, 0.29) is 26.6 Å². The van der Waals surface area contributed by atoms with E-state index >= 15 is 0 Å². The van der Waals surface area contributed by atoms with E-state index in [0.717, 1.165) is 4.31 Å². The number of hydrogen-bond donors (Lipinski definition) is 1. The largest absolute Gasteiger partial charge is 0.341 e. The Labute approximate surface area is 193 Å². The molecule has 1 aliphatic heterocycles. The van der Waals surface area contributed by atoms with Crippen molar-refractivity contribution in [3.63, 3.8) is 0 Å².